The topological polar surface area (TPSA) is 58.2 Å². The maximum atomic E-state index is 12.5. The van der Waals surface area contributed by atoms with Crippen molar-refractivity contribution in [3.8, 4) is 0 Å². The van der Waals surface area contributed by atoms with Gasteiger partial charge >= 0.3 is 0 Å². The number of aryl methyl sites for hydroxylation is 1. The number of rotatable bonds is 7. The van der Waals surface area contributed by atoms with Crippen molar-refractivity contribution in [3.63, 3.8) is 0 Å². The molecule has 0 radical (unpaired) electrons. The highest BCUT2D eigenvalue weighted by molar-refractivity contribution is 5.76. The zero-order chi connectivity index (χ0) is 17.5. The van der Waals surface area contributed by atoms with Crippen LogP contribution in [0.5, 0.6) is 0 Å². The van der Waals surface area contributed by atoms with Gasteiger partial charge in [0.05, 0.1) is 12.3 Å². The predicted octanol–water partition coefficient (Wildman–Crippen LogP) is 2.84. The van der Waals surface area contributed by atoms with E-state index in [4.69, 9.17) is 4.74 Å². The zero-order valence-electron chi connectivity index (χ0n) is 14.9. The second-order valence-electron chi connectivity index (χ2n) is 6.81. The number of aromatic nitrogens is 2. The third-order valence-electron chi connectivity index (χ3n) is 5.10. The van der Waals surface area contributed by atoms with Crippen LogP contribution in [0.3, 0.4) is 0 Å². The van der Waals surface area contributed by atoms with Crippen molar-refractivity contribution in [3.05, 3.63) is 53.9 Å². The summed E-state index contributed by atoms with van der Waals surface area (Å²) in [5.74, 6) is 0.714. The lowest BCUT2D eigenvalue weighted by Gasteiger charge is -2.38. The van der Waals surface area contributed by atoms with Crippen molar-refractivity contribution in [1.29, 1.82) is 0 Å². The Bertz CT molecular complexity index is 642. The van der Waals surface area contributed by atoms with Crippen LogP contribution in [0.25, 0.3) is 0 Å². The van der Waals surface area contributed by atoms with E-state index in [2.05, 4.69) is 34.5 Å². The molecule has 0 saturated carbocycles. The van der Waals surface area contributed by atoms with Crippen LogP contribution in [0.2, 0.25) is 0 Å². The molecule has 25 heavy (non-hydrogen) atoms. The van der Waals surface area contributed by atoms with Crippen LogP contribution >= 0.6 is 0 Å². The standard InChI is InChI=1S/C20H27N3O2/c1-25-19-15-23(20(24)9-5-8-17-13-21-22-14-17)11-10-18(19)12-16-6-3-2-4-7-16/h2-4,6-7,13-14,18-19H,5,8-12,15H2,1H3,(H,21,22)/t18-,19+/m1/s1. The number of ether oxygens (including phenoxy) is 1. The number of amides is 1. The second kappa shape index (κ2) is 8.81. The summed E-state index contributed by atoms with van der Waals surface area (Å²) in [4.78, 5) is 14.5. The molecule has 1 aliphatic rings. The van der Waals surface area contributed by atoms with Crippen molar-refractivity contribution in [2.45, 2.75) is 38.2 Å². The molecule has 0 bridgehead atoms. The summed E-state index contributed by atoms with van der Waals surface area (Å²) in [5, 5.41) is 6.74. The van der Waals surface area contributed by atoms with Gasteiger partial charge in [0.25, 0.3) is 0 Å². The summed E-state index contributed by atoms with van der Waals surface area (Å²) in [6.45, 7) is 1.54. The van der Waals surface area contributed by atoms with E-state index in [0.717, 1.165) is 37.8 Å². The average Bonchev–Trinajstić information content (AvgIpc) is 3.16. The SMILES string of the molecule is CO[C@H]1CN(C(=O)CCCc2cn[nH]c2)CC[C@@H]1Cc1ccccc1. The summed E-state index contributed by atoms with van der Waals surface area (Å²) >= 11 is 0. The molecule has 1 aromatic carbocycles. The molecule has 0 aliphatic carbocycles. The summed E-state index contributed by atoms with van der Waals surface area (Å²) in [6.07, 6.45) is 8.18. The minimum atomic E-state index is 0.117. The monoisotopic (exact) mass is 341 g/mol. The maximum Gasteiger partial charge on any atom is 0.222 e. The van der Waals surface area contributed by atoms with Crippen molar-refractivity contribution in [1.82, 2.24) is 15.1 Å². The highest BCUT2D eigenvalue weighted by Crippen LogP contribution is 2.25. The molecule has 1 amide bonds. The van der Waals surface area contributed by atoms with Crippen LogP contribution in [-0.2, 0) is 22.4 Å². The number of benzene rings is 1. The van der Waals surface area contributed by atoms with E-state index < -0.39 is 0 Å². The fourth-order valence-corrected chi connectivity index (χ4v) is 3.63. The Morgan fingerprint density at radius 2 is 2.16 bits per heavy atom. The first-order valence-corrected chi connectivity index (χ1v) is 9.08. The van der Waals surface area contributed by atoms with Crippen LogP contribution in [0, 0.1) is 5.92 Å². The molecule has 1 N–H and O–H groups in total. The predicted molar refractivity (Wildman–Crippen MR) is 97.2 cm³/mol. The molecular weight excluding hydrogens is 314 g/mol. The Morgan fingerprint density at radius 1 is 1.32 bits per heavy atom. The summed E-state index contributed by atoms with van der Waals surface area (Å²) in [7, 11) is 1.76. The van der Waals surface area contributed by atoms with Crippen LogP contribution in [0.15, 0.2) is 42.7 Å². The van der Waals surface area contributed by atoms with Gasteiger partial charge in [0.1, 0.15) is 0 Å². The fourth-order valence-electron chi connectivity index (χ4n) is 3.63. The normalized spacial score (nSPS) is 20.6. The highest BCUT2D eigenvalue weighted by atomic mass is 16.5. The van der Waals surface area contributed by atoms with Gasteiger partial charge in [0, 0.05) is 32.8 Å². The first-order chi connectivity index (χ1) is 12.3. The number of piperidine rings is 1. The Balaban J connectivity index is 1.47. The van der Waals surface area contributed by atoms with Gasteiger partial charge in [-0.1, -0.05) is 30.3 Å². The highest BCUT2D eigenvalue weighted by Gasteiger charge is 2.31. The van der Waals surface area contributed by atoms with E-state index in [1.54, 1.807) is 7.11 Å². The molecule has 2 atom stereocenters. The molecule has 1 saturated heterocycles. The number of carbonyl (C=O) groups is 1. The smallest absolute Gasteiger partial charge is 0.222 e. The van der Waals surface area contributed by atoms with Gasteiger partial charge in [0.2, 0.25) is 5.91 Å². The number of nitrogens with zero attached hydrogens (tertiary/aromatic N) is 2. The van der Waals surface area contributed by atoms with Crippen LogP contribution < -0.4 is 0 Å². The minimum Gasteiger partial charge on any atom is -0.379 e. The van der Waals surface area contributed by atoms with Crippen molar-refractivity contribution < 1.29 is 9.53 Å². The maximum absolute atomic E-state index is 12.5. The van der Waals surface area contributed by atoms with Gasteiger partial charge in [-0.3, -0.25) is 9.89 Å². The number of aromatic amines is 1. The molecule has 3 rings (SSSR count). The third-order valence-corrected chi connectivity index (χ3v) is 5.10. The van der Waals surface area contributed by atoms with E-state index in [9.17, 15) is 4.79 Å². The molecular formula is C20H27N3O2. The van der Waals surface area contributed by atoms with E-state index in [1.807, 2.05) is 23.4 Å². The van der Waals surface area contributed by atoms with Crippen LogP contribution in [0.4, 0.5) is 0 Å². The average molecular weight is 341 g/mol. The number of carbonyl (C=O) groups excluding carboxylic acids is 1. The molecule has 2 aromatic rings. The van der Waals surface area contributed by atoms with Gasteiger partial charge in [0.15, 0.2) is 0 Å². The van der Waals surface area contributed by atoms with Gasteiger partial charge in [-0.25, -0.2) is 0 Å². The van der Waals surface area contributed by atoms with Gasteiger partial charge in [-0.2, -0.15) is 5.10 Å². The molecule has 5 heteroatoms. The molecule has 1 fully saturated rings. The Labute approximate surface area is 149 Å². The molecule has 0 spiro atoms. The first kappa shape index (κ1) is 17.7. The largest absolute Gasteiger partial charge is 0.379 e. The molecule has 0 unspecified atom stereocenters. The number of hydrogen-bond acceptors (Lipinski definition) is 3. The van der Waals surface area contributed by atoms with Crippen molar-refractivity contribution in [2.24, 2.45) is 5.92 Å². The lowest BCUT2D eigenvalue weighted by molar-refractivity contribution is -0.136. The Morgan fingerprint density at radius 3 is 2.88 bits per heavy atom. The van der Waals surface area contributed by atoms with Crippen molar-refractivity contribution in [2.75, 3.05) is 20.2 Å². The molecule has 1 aromatic heterocycles. The molecule has 134 valence electrons. The zero-order valence-corrected chi connectivity index (χ0v) is 14.9. The van der Waals surface area contributed by atoms with Gasteiger partial charge in [-0.15, -0.1) is 0 Å². The van der Waals surface area contributed by atoms with Crippen LogP contribution in [0.1, 0.15) is 30.4 Å². The minimum absolute atomic E-state index is 0.117. The van der Waals surface area contributed by atoms with Crippen molar-refractivity contribution >= 4 is 5.91 Å². The lowest BCUT2D eigenvalue weighted by Crippen LogP contribution is -2.48. The summed E-state index contributed by atoms with van der Waals surface area (Å²) < 4.78 is 5.71. The number of hydrogen-bond donors (Lipinski definition) is 1. The Hall–Kier alpha value is -2.14. The van der Waals surface area contributed by atoms with E-state index >= 15 is 0 Å². The van der Waals surface area contributed by atoms with Gasteiger partial charge < -0.3 is 9.64 Å². The molecule has 2 heterocycles. The lowest BCUT2D eigenvalue weighted by atomic mass is 9.87. The fraction of sp³-hybridized carbons (Fsp3) is 0.500. The Kier molecular flexibility index (Phi) is 6.23. The number of H-pyrrole nitrogens is 1. The molecule has 5 nitrogen and oxygen atoms in total. The first-order valence-electron chi connectivity index (χ1n) is 9.08. The van der Waals surface area contributed by atoms with E-state index in [-0.39, 0.29) is 12.0 Å². The number of nitrogens with one attached hydrogen (secondary N) is 1. The summed E-state index contributed by atoms with van der Waals surface area (Å²) in [6, 6.07) is 10.5. The molecule has 1 aliphatic heterocycles. The number of likely N-dealkylation sites (tertiary alicyclic amines) is 1. The quantitative estimate of drug-likeness (QED) is 0.842. The van der Waals surface area contributed by atoms with Gasteiger partial charge in [-0.05, 0) is 42.7 Å². The van der Waals surface area contributed by atoms with E-state index in [0.29, 0.717) is 18.9 Å². The van der Waals surface area contributed by atoms with Crippen LogP contribution in [-0.4, -0.2) is 47.3 Å². The third kappa shape index (κ3) is 4.92. The van der Waals surface area contributed by atoms with E-state index in [1.165, 1.54) is 5.56 Å². The number of methoxy groups -OCH3 is 1. The second-order valence-corrected chi connectivity index (χ2v) is 6.81. The summed E-state index contributed by atoms with van der Waals surface area (Å²) in [5.41, 5.74) is 2.50.